The van der Waals surface area contributed by atoms with Gasteiger partial charge in [0.25, 0.3) is 11.6 Å². The Morgan fingerprint density at radius 3 is 2.61 bits per heavy atom. The fraction of sp³-hybridized carbons (Fsp3) is 0.188. The minimum atomic E-state index is -0.559. The summed E-state index contributed by atoms with van der Waals surface area (Å²) < 4.78 is 0. The number of hydrogen-bond donors (Lipinski definition) is 1. The average molecular weight is 334 g/mol. The highest BCUT2D eigenvalue weighted by atomic mass is 35.5. The topological polar surface area (TPSA) is 75.5 Å². The Morgan fingerprint density at radius 1 is 1.26 bits per heavy atom. The standard InChI is InChI=1S/C16H16ClN3O3/c1-19(12-5-3-2-4-6-12)10-9-18-16(21)14-11-13(20(22)23)7-8-15(14)17/h2-8,11H,9-10H2,1H3,(H,18,21). The number of hydrogen-bond acceptors (Lipinski definition) is 4. The molecule has 23 heavy (non-hydrogen) atoms. The van der Waals surface area contributed by atoms with E-state index in [1.165, 1.54) is 18.2 Å². The SMILES string of the molecule is CN(CCNC(=O)c1cc([N+](=O)[O-])ccc1Cl)c1ccccc1. The maximum atomic E-state index is 12.1. The van der Waals surface area contributed by atoms with E-state index >= 15 is 0 Å². The van der Waals surface area contributed by atoms with Gasteiger partial charge in [0, 0.05) is 38.0 Å². The third kappa shape index (κ3) is 4.43. The molecular weight excluding hydrogens is 318 g/mol. The molecule has 2 rings (SSSR count). The van der Waals surface area contributed by atoms with Crippen LogP contribution in [0, 0.1) is 10.1 Å². The summed E-state index contributed by atoms with van der Waals surface area (Å²) in [6, 6.07) is 13.5. The average Bonchev–Trinajstić information content (AvgIpc) is 2.55. The maximum Gasteiger partial charge on any atom is 0.270 e. The molecule has 0 unspecified atom stereocenters. The van der Waals surface area contributed by atoms with Crippen LogP contribution in [0.2, 0.25) is 5.02 Å². The molecule has 0 aliphatic heterocycles. The van der Waals surface area contributed by atoms with E-state index in [-0.39, 0.29) is 16.3 Å². The summed E-state index contributed by atoms with van der Waals surface area (Å²) in [6.45, 7) is 0.992. The minimum Gasteiger partial charge on any atom is -0.373 e. The van der Waals surface area contributed by atoms with Gasteiger partial charge >= 0.3 is 0 Å². The van der Waals surface area contributed by atoms with Crippen LogP contribution in [0.5, 0.6) is 0 Å². The second-order valence-electron chi connectivity index (χ2n) is 4.93. The smallest absolute Gasteiger partial charge is 0.270 e. The lowest BCUT2D eigenvalue weighted by Gasteiger charge is -2.19. The van der Waals surface area contributed by atoms with Gasteiger partial charge in [-0.15, -0.1) is 0 Å². The molecule has 0 fully saturated rings. The largest absolute Gasteiger partial charge is 0.373 e. The first-order valence-corrected chi connectivity index (χ1v) is 7.35. The zero-order valence-corrected chi connectivity index (χ0v) is 13.3. The monoisotopic (exact) mass is 333 g/mol. The van der Waals surface area contributed by atoms with Crippen LogP contribution >= 0.6 is 11.6 Å². The van der Waals surface area contributed by atoms with Crippen molar-refractivity contribution in [2.45, 2.75) is 0 Å². The molecule has 120 valence electrons. The van der Waals surface area contributed by atoms with Crippen LogP contribution in [0.4, 0.5) is 11.4 Å². The molecule has 0 atom stereocenters. The number of carbonyl (C=O) groups excluding carboxylic acids is 1. The molecule has 0 radical (unpaired) electrons. The first-order chi connectivity index (χ1) is 11.0. The number of rotatable bonds is 6. The molecule has 1 N–H and O–H groups in total. The molecule has 0 aromatic heterocycles. The molecule has 0 spiro atoms. The first-order valence-electron chi connectivity index (χ1n) is 6.97. The maximum absolute atomic E-state index is 12.1. The van der Waals surface area contributed by atoms with E-state index < -0.39 is 10.8 Å². The quantitative estimate of drug-likeness (QED) is 0.651. The molecule has 0 saturated heterocycles. The highest BCUT2D eigenvalue weighted by Gasteiger charge is 2.15. The van der Waals surface area contributed by atoms with Gasteiger partial charge in [-0.25, -0.2) is 0 Å². The van der Waals surface area contributed by atoms with Crippen LogP contribution in [0.15, 0.2) is 48.5 Å². The number of nitrogens with one attached hydrogen (secondary N) is 1. The van der Waals surface area contributed by atoms with Crippen LogP contribution in [-0.4, -0.2) is 31.0 Å². The highest BCUT2D eigenvalue weighted by molar-refractivity contribution is 6.33. The van der Waals surface area contributed by atoms with E-state index in [0.29, 0.717) is 13.1 Å². The number of anilines is 1. The molecule has 1 amide bonds. The van der Waals surface area contributed by atoms with Crippen LogP contribution in [0.3, 0.4) is 0 Å². The number of non-ortho nitro benzene ring substituents is 1. The van der Waals surface area contributed by atoms with Gasteiger partial charge in [-0.05, 0) is 18.2 Å². The normalized spacial score (nSPS) is 10.2. The molecule has 6 nitrogen and oxygen atoms in total. The summed E-state index contributed by atoms with van der Waals surface area (Å²) in [4.78, 5) is 24.3. The lowest BCUT2D eigenvalue weighted by molar-refractivity contribution is -0.384. The van der Waals surface area contributed by atoms with Gasteiger partial charge in [-0.1, -0.05) is 29.8 Å². The summed E-state index contributed by atoms with van der Waals surface area (Å²) in [6.07, 6.45) is 0. The van der Waals surface area contributed by atoms with Crippen LogP contribution < -0.4 is 10.2 Å². The Hall–Kier alpha value is -2.60. The summed E-state index contributed by atoms with van der Waals surface area (Å²) >= 11 is 5.94. The highest BCUT2D eigenvalue weighted by Crippen LogP contribution is 2.21. The number of nitro benzene ring substituents is 1. The van der Waals surface area contributed by atoms with Gasteiger partial charge in [0.2, 0.25) is 0 Å². The number of benzene rings is 2. The number of para-hydroxylation sites is 1. The van der Waals surface area contributed by atoms with Crippen molar-refractivity contribution in [3.05, 3.63) is 69.2 Å². The van der Waals surface area contributed by atoms with Crippen molar-refractivity contribution in [1.82, 2.24) is 5.32 Å². The second-order valence-corrected chi connectivity index (χ2v) is 5.34. The van der Waals surface area contributed by atoms with E-state index in [1.54, 1.807) is 0 Å². The molecular formula is C16H16ClN3O3. The van der Waals surface area contributed by atoms with Gasteiger partial charge in [0.15, 0.2) is 0 Å². The molecule has 0 aliphatic rings. The Morgan fingerprint density at radius 2 is 1.96 bits per heavy atom. The van der Waals surface area contributed by atoms with Gasteiger partial charge in [-0.3, -0.25) is 14.9 Å². The van der Waals surface area contributed by atoms with E-state index in [4.69, 9.17) is 11.6 Å². The van der Waals surface area contributed by atoms with Crippen molar-refractivity contribution in [2.75, 3.05) is 25.0 Å². The number of nitrogens with zero attached hydrogens (tertiary/aromatic N) is 2. The molecule has 7 heteroatoms. The minimum absolute atomic E-state index is 0.100. The Kier molecular flexibility index (Phi) is 5.54. The van der Waals surface area contributed by atoms with Crippen molar-refractivity contribution in [2.24, 2.45) is 0 Å². The zero-order valence-electron chi connectivity index (χ0n) is 12.5. The number of likely N-dealkylation sites (N-methyl/N-ethyl adjacent to an activating group) is 1. The van der Waals surface area contributed by atoms with Crippen LogP contribution in [-0.2, 0) is 0 Å². The summed E-state index contributed by atoms with van der Waals surface area (Å²) in [5.74, 6) is -0.430. The van der Waals surface area contributed by atoms with Crippen molar-refractivity contribution in [1.29, 1.82) is 0 Å². The number of halogens is 1. The van der Waals surface area contributed by atoms with Crippen molar-refractivity contribution in [3.8, 4) is 0 Å². The molecule has 2 aromatic carbocycles. The Bertz CT molecular complexity index is 707. The van der Waals surface area contributed by atoms with Gasteiger partial charge in [0.1, 0.15) is 0 Å². The number of carbonyl (C=O) groups is 1. The zero-order chi connectivity index (χ0) is 16.8. The van der Waals surface area contributed by atoms with Crippen molar-refractivity contribution >= 4 is 28.9 Å². The summed E-state index contributed by atoms with van der Waals surface area (Å²) in [5.41, 5.74) is 0.972. The van der Waals surface area contributed by atoms with Gasteiger partial charge < -0.3 is 10.2 Å². The van der Waals surface area contributed by atoms with Crippen LogP contribution in [0.1, 0.15) is 10.4 Å². The third-order valence-corrected chi connectivity index (χ3v) is 3.66. The van der Waals surface area contributed by atoms with Crippen molar-refractivity contribution < 1.29 is 9.72 Å². The molecule has 0 heterocycles. The predicted molar refractivity (Wildman–Crippen MR) is 90.2 cm³/mol. The lowest BCUT2D eigenvalue weighted by Crippen LogP contribution is -2.33. The van der Waals surface area contributed by atoms with E-state index in [0.717, 1.165) is 5.69 Å². The number of amides is 1. The van der Waals surface area contributed by atoms with Crippen LogP contribution in [0.25, 0.3) is 0 Å². The Labute approximate surface area is 138 Å². The first kappa shape index (κ1) is 16.8. The fourth-order valence-corrected chi connectivity index (χ4v) is 2.25. The molecule has 0 aliphatic carbocycles. The van der Waals surface area contributed by atoms with Crippen molar-refractivity contribution in [3.63, 3.8) is 0 Å². The number of nitro groups is 1. The van der Waals surface area contributed by atoms with E-state index in [9.17, 15) is 14.9 Å². The summed E-state index contributed by atoms with van der Waals surface area (Å²) in [5, 5.41) is 13.7. The Balaban J connectivity index is 1.95. The van der Waals surface area contributed by atoms with Gasteiger partial charge in [0.05, 0.1) is 15.5 Å². The third-order valence-electron chi connectivity index (χ3n) is 3.34. The predicted octanol–water partition coefficient (Wildman–Crippen LogP) is 3.11. The molecule has 0 bridgehead atoms. The lowest BCUT2D eigenvalue weighted by atomic mass is 10.2. The fourth-order valence-electron chi connectivity index (χ4n) is 2.04. The summed E-state index contributed by atoms with van der Waals surface area (Å²) in [7, 11) is 1.92. The molecule has 0 saturated carbocycles. The molecule has 2 aromatic rings. The second kappa shape index (κ2) is 7.60. The van der Waals surface area contributed by atoms with E-state index in [2.05, 4.69) is 5.32 Å². The van der Waals surface area contributed by atoms with E-state index in [1.807, 2.05) is 42.3 Å². The van der Waals surface area contributed by atoms with Gasteiger partial charge in [-0.2, -0.15) is 0 Å².